The molecule has 0 heterocycles. The number of carbonyl (C=O) groups excluding carboxylic acids is 1. The van der Waals surface area contributed by atoms with Crippen LogP contribution in [-0.2, 0) is 9.22 Å². The summed E-state index contributed by atoms with van der Waals surface area (Å²) in [6.07, 6.45) is 15.2. The van der Waals surface area contributed by atoms with Crippen molar-refractivity contribution < 1.29 is 9.22 Å². The summed E-state index contributed by atoms with van der Waals surface area (Å²) in [6, 6.07) is 0. The molecule has 0 amide bonds. The first-order valence-electron chi connectivity index (χ1n) is 9.24. The minimum atomic E-state index is -3.26. The van der Waals surface area contributed by atoms with Gasteiger partial charge in [0.1, 0.15) is 0 Å². The molecule has 0 aromatic heterocycles. The first-order valence-corrected chi connectivity index (χ1v) is 14.2. The number of hydrogen-bond donors (Lipinski definition) is 0. The van der Waals surface area contributed by atoms with Gasteiger partial charge >= 0.3 is 6.25 Å². The molecule has 0 unspecified atom stereocenters. The van der Waals surface area contributed by atoms with E-state index in [4.69, 9.17) is 37.7 Å². The monoisotopic (exact) mass is 402 g/mol. The van der Waals surface area contributed by atoms with Crippen LogP contribution in [0.25, 0.3) is 0 Å². The summed E-state index contributed by atoms with van der Waals surface area (Å²) in [6.45, 7) is 2.26. The molecule has 0 fully saturated rings. The number of rotatable bonds is 16. The third kappa shape index (κ3) is 20.5. The molecule has 0 spiro atoms. The van der Waals surface area contributed by atoms with E-state index < -0.39 is 6.25 Å². The average molecular weight is 404 g/mol. The highest BCUT2D eigenvalue weighted by molar-refractivity contribution is 7.62. The second kappa shape index (κ2) is 16.0. The predicted octanol–water partition coefficient (Wildman–Crippen LogP) is 7.55. The topological polar surface area (TPSA) is 26.3 Å². The van der Waals surface area contributed by atoms with Gasteiger partial charge in [-0.1, -0.05) is 124 Å². The summed E-state index contributed by atoms with van der Waals surface area (Å²) in [5.74, 6) is -0.379. The second-order valence-corrected chi connectivity index (χ2v) is 13.9. The van der Waals surface area contributed by atoms with Crippen LogP contribution in [0.2, 0.25) is 0 Å². The van der Waals surface area contributed by atoms with E-state index in [1.54, 1.807) is 0 Å². The molecule has 0 saturated carbocycles. The van der Waals surface area contributed by atoms with Crippen LogP contribution in [0.3, 0.4) is 0 Å². The molecule has 23 heavy (non-hydrogen) atoms. The molecule has 0 aliphatic carbocycles. The molecular weight excluding hydrogens is 371 g/mol. The quantitative estimate of drug-likeness (QED) is 0.151. The standard InChI is InChI=1S/C17H33Cl3O2Si/c1-2-3-4-5-6-7-8-9-10-11-12-13-14-15-16-17(21)22-23(18,19)20/h2-16H2,1H3. The van der Waals surface area contributed by atoms with Crippen LogP contribution in [-0.4, -0.2) is 12.2 Å². The van der Waals surface area contributed by atoms with Gasteiger partial charge in [0.05, 0.1) is 0 Å². The van der Waals surface area contributed by atoms with Crippen molar-refractivity contribution in [3.63, 3.8) is 0 Å². The molecule has 0 aromatic carbocycles. The van der Waals surface area contributed by atoms with E-state index in [0.29, 0.717) is 6.42 Å². The van der Waals surface area contributed by atoms with Gasteiger partial charge in [0.2, 0.25) is 0 Å². The van der Waals surface area contributed by atoms with E-state index in [1.807, 2.05) is 0 Å². The van der Waals surface area contributed by atoms with E-state index >= 15 is 0 Å². The highest BCUT2D eigenvalue weighted by Gasteiger charge is 2.32. The minimum Gasteiger partial charge on any atom is -0.481 e. The molecule has 0 atom stereocenters. The fraction of sp³-hybridized carbons (Fsp3) is 0.941. The molecule has 6 heteroatoms. The Morgan fingerprint density at radius 2 is 1.04 bits per heavy atom. The lowest BCUT2D eigenvalue weighted by molar-refractivity contribution is -0.134. The highest BCUT2D eigenvalue weighted by Crippen LogP contribution is 2.22. The van der Waals surface area contributed by atoms with Crippen molar-refractivity contribution in [2.75, 3.05) is 0 Å². The highest BCUT2D eigenvalue weighted by atomic mass is 35.8. The van der Waals surface area contributed by atoms with Crippen LogP contribution >= 0.6 is 33.2 Å². The average Bonchev–Trinajstić information content (AvgIpc) is 2.46. The van der Waals surface area contributed by atoms with Crippen LogP contribution in [0.1, 0.15) is 103 Å². The summed E-state index contributed by atoms with van der Waals surface area (Å²) in [5.41, 5.74) is 0. The number of hydrogen-bond acceptors (Lipinski definition) is 2. The molecule has 0 N–H and O–H groups in total. The third-order valence-corrected chi connectivity index (χ3v) is 5.12. The number of unbranched alkanes of at least 4 members (excludes halogenated alkanes) is 13. The molecule has 0 aromatic rings. The summed E-state index contributed by atoms with van der Waals surface area (Å²) in [5, 5.41) is 0. The molecule has 0 aliphatic heterocycles. The van der Waals surface area contributed by atoms with Crippen LogP contribution in [0.5, 0.6) is 0 Å². The Bertz CT molecular complexity index is 284. The predicted molar refractivity (Wildman–Crippen MR) is 104 cm³/mol. The Hall–Kier alpha value is 0.557. The van der Waals surface area contributed by atoms with E-state index in [1.165, 1.54) is 77.0 Å². The number of carbonyl (C=O) groups is 1. The fourth-order valence-corrected chi connectivity index (χ4v) is 3.78. The summed E-state index contributed by atoms with van der Waals surface area (Å²) >= 11 is 16.6. The van der Waals surface area contributed by atoms with Gasteiger partial charge in [-0.2, -0.15) is 0 Å². The van der Waals surface area contributed by atoms with E-state index in [0.717, 1.165) is 12.8 Å². The Balaban J connectivity index is 3.15. The molecule has 138 valence electrons. The van der Waals surface area contributed by atoms with Gasteiger partial charge in [-0.15, -0.1) is 0 Å². The van der Waals surface area contributed by atoms with Gasteiger partial charge in [-0.3, -0.25) is 4.79 Å². The van der Waals surface area contributed by atoms with Crippen molar-refractivity contribution in [3.8, 4) is 0 Å². The van der Waals surface area contributed by atoms with Gasteiger partial charge in [0, 0.05) is 6.42 Å². The van der Waals surface area contributed by atoms with Crippen molar-refractivity contribution in [1.29, 1.82) is 0 Å². The van der Waals surface area contributed by atoms with Gasteiger partial charge in [-0.25, -0.2) is 0 Å². The lowest BCUT2D eigenvalue weighted by Gasteiger charge is -2.09. The van der Waals surface area contributed by atoms with Gasteiger partial charge in [0.15, 0.2) is 0 Å². The SMILES string of the molecule is CCCCCCCCCCCCCCCCC(=O)O[Si](Cl)(Cl)Cl. The maximum atomic E-state index is 11.3. The van der Waals surface area contributed by atoms with Gasteiger partial charge in [0.25, 0.3) is 5.97 Å². The Morgan fingerprint density at radius 3 is 1.39 bits per heavy atom. The van der Waals surface area contributed by atoms with Crippen LogP contribution in [0.4, 0.5) is 0 Å². The maximum Gasteiger partial charge on any atom is 0.557 e. The van der Waals surface area contributed by atoms with Crippen LogP contribution < -0.4 is 0 Å². The van der Waals surface area contributed by atoms with E-state index in [2.05, 4.69) is 6.92 Å². The molecule has 0 radical (unpaired) electrons. The summed E-state index contributed by atoms with van der Waals surface area (Å²) in [4.78, 5) is 11.3. The Morgan fingerprint density at radius 1 is 0.696 bits per heavy atom. The smallest absolute Gasteiger partial charge is 0.481 e. The van der Waals surface area contributed by atoms with E-state index in [-0.39, 0.29) is 5.97 Å². The zero-order valence-electron chi connectivity index (χ0n) is 14.6. The van der Waals surface area contributed by atoms with Gasteiger partial charge < -0.3 is 4.43 Å². The fourth-order valence-electron chi connectivity index (χ4n) is 2.64. The van der Waals surface area contributed by atoms with Crippen LogP contribution in [0, 0.1) is 0 Å². The zero-order valence-corrected chi connectivity index (χ0v) is 17.8. The number of halogens is 3. The van der Waals surface area contributed by atoms with Crippen molar-refractivity contribution in [2.24, 2.45) is 0 Å². The first kappa shape index (κ1) is 23.6. The molecule has 0 saturated heterocycles. The van der Waals surface area contributed by atoms with Gasteiger partial charge in [-0.05, 0) is 6.42 Å². The largest absolute Gasteiger partial charge is 0.557 e. The lowest BCUT2D eigenvalue weighted by atomic mass is 10.0. The molecule has 0 aliphatic rings. The maximum absolute atomic E-state index is 11.3. The first-order chi connectivity index (χ1) is 11.0. The molecule has 2 nitrogen and oxygen atoms in total. The summed E-state index contributed by atoms with van der Waals surface area (Å²) in [7, 11) is 0. The minimum absolute atomic E-state index is 0.360. The normalized spacial score (nSPS) is 11.7. The Labute approximate surface area is 157 Å². The second-order valence-electron chi connectivity index (χ2n) is 6.27. The van der Waals surface area contributed by atoms with Crippen molar-refractivity contribution in [2.45, 2.75) is 103 Å². The molecule has 0 bridgehead atoms. The van der Waals surface area contributed by atoms with E-state index in [9.17, 15) is 4.79 Å². The zero-order chi connectivity index (χ0) is 17.4. The Kier molecular flexibility index (Phi) is 16.4. The van der Waals surface area contributed by atoms with Crippen molar-refractivity contribution >= 4 is 45.5 Å². The lowest BCUT2D eigenvalue weighted by Crippen LogP contribution is -2.21. The van der Waals surface area contributed by atoms with Crippen molar-refractivity contribution in [1.82, 2.24) is 0 Å². The molecule has 0 rings (SSSR count). The molecular formula is C17H33Cl3O2Si. The third-order valence-electron chi connectivity index (χ3n) is 3.96. The van der Waals surface area contributed by atoms with Crippen LogP contribution in [0.15, 0.2) is 0 Å². The van der Waals surface area contributed by atoms with Crippen molar-refractivity contribution in [3.05, 3.63) is 0 Å². The summed E-state index contributed by atoms with van der Waals surface area (Å²) < 4.78 is 4.75.